The van der Waals surface area contributed by atoms with E-state index in [-0.39, 0.29) is 23.7 Å². The van der Waals surface area contributed by atoms with Gasteiger partial charge in [-0.15, -0.1) is 0 Å². The highest BCUT2D eigenvalue weighted by Gasteiger charge is 2.21. The molecule has 0 aliphatic carbocycles. The lowest BCUT2D eigenvalue weighted by molar-refractivity contribution is 0.883. The molecule has 2 nitrogen and oxygen atoms in total. The quantitative estimate of drug-likeness (QED) is 0.122. The number of nitrogens with zero attached hydrogens (tertiary/aromatic N) is 2. The van der Waals surface area contributed by atoms with Gasteiger partial charge in [0.2, 0.25) is 0 Å². The van der Waals surface area contributed by atoms with Gasteiger partial charge in [0.25, 0.3) is 0 Å². The molecule has 0 spiro atoms. The minimum atomic E-state index is 0.173. The van der Waals surface area contributed by atoms with Gasteiger partial charge in [0.05, 0.1) is 22.8 Å². The summed E-state index contributed by atoms with van der Waals surface area (Å²) in [6, 6.07) is 52.6. The zero-order chi connectivity index (χ0) is 36.8. The van der Waals surface area contributed by atoms with Gasteiger partial charge in [-0.2, -0.15) is 0 Å². The molecule has 0 saturated heterocycles. The van der Waals surface area contributed by atoms with Gasteiger partial charge in [-0.1, -0.05) is 173 Å². The largest absolute Gasteiger partial charge is 0.251 e. The van der Waals surface area contributed by atoms with Crippen LogP contribution in [0.2, 0.25) is 0 Å². The van der Waals surface area contributed by atoms with Crippen LogP contribution in [-0.4, -0.2) is 11.4 Å². The molecule has 0 heterocycles. The molecule has 6 aromatic carbocycles. The highest BCUT2D eigenvalue weighted by atomic mass is 14.8. The second-order valence-electron chi connectivity index (χ2n) is 14.5. The van der Waals surface area contributed by atoms with Crippen LogP contribution in [0.15, 0.2) is 156 Å². The van der Waals surface area contributed by atoms with E-state index in [0.717, 1.165) is 22.8 Å². The lowest BCUT2D eigenvalue weighted by Gasteiger charge is -2.22. The molecule has 0 aliphatic rings. The Balaban J connectivity index is 1.45. The van der Waals surface area contributed by atoms with Gasteiger partial charge >= 0.3 is 0 Å². The van der Waals surface area contributed by atoms with Crippen molar-refractivity contribution in [2.24, 2.45) is 9.98 Å². The average molecular weight is 681 g/mol. The number of rotatable bonds is 11. The molecule has 0 aliphatic heterocycles. The van der Waals surface area contributed by atoms with E-state index >= 15 is 0 Å². The Kier molecular flexibility index (Phi) is 11.5. The van der Waals surface area contributed by atoms with Crippen molar-refractivity contribution in [2.45, 2.75) is 79.1 Å². The van der Waals surface area contributed by atoms with Crippen LogP contribution in [0.1, 0.15) is 121 Å². The lowest BCUT2D eigenvalue weighted by Crippen LogP contribution is -2.08. The third kappa shape index (κ3) is 8.08. The summed E-state index contributed by atoms with van der Waals surface area (Å²) in [4.78, 5) is 10.8. The molecular weight excluding hydrogens is 629 g/mol. The first-order chi connectivity index (χ1) is 25.1. The fourth-order valence-electron chi connectivity index (χ4n) is 7.34. The predicted octanol–water partition coefficient (Wildman–Crippen LogP) is 13.8. The summed E-state index contributed by atoms with van der Waals surface area (Å²) in [7, 11) is 0. The SMILES string of the molecule is CC(=Nc1c(C)cc(C(C)c2ccccc2)cc1C(C)c1ccccc1)C(C)=Nc1c(C)cc(C(C)c2ccccc2)cc1C(C)c1ccccc1. The monoisotopic (exact) mass is 680 g/mol. The molecule has 6 rings (SSSR count). The topological polar surface area (TPSA) is 24.7 Å². The summed E-state index contributed by atoms with van der Waals surface area (Å²) >= 11 is 0. The molecule has 0 fully saturated rings. The third-order valence-electron chi connectivity index (χ3n) is 10.9. The molecule has 52 heavy (non-hydrogen) atoms. The Morgan fingerprint density at radius 2 is 0.635 bits per heavy atom. The van der Waals surface area contributed by atoms with Crippen LogP contribution in [0, 0.1) is 13.8 Å². The van der Waals surface area contributed by atoms with Gasteiger partial charge in [0.1, 0.15) is 0 Å². The van der Waals surface area contributed by atoms with Gasteiger partial charge in [-0.25, -0.2) is 0 Å². The van der Waals surface area contributed by atoms with Crippen LogP contribution < -0.4 is 0 Å². The molecule has 0 bridgehead atoms. The zero-order valence-corrected chi connectivity index (χ0v) is 32.1. The van der Waals surface area contributed by atoms with Crippen LogP contribution in [-0.2, 0) is 0 Å². The molecule has 0 saturated carbocycles. The van der Waals surface area contributed by atoms with Crippen molar-refractivity contribution in [1.82, 2.24) is 0 Å². The van der Waals surface area contributed by atoms with Crippen LogP contribution in [0.5, 0.6) is 0 Å². The minimum absolute atomic E-state index is 0.173. The van der Waals surface area contributed by atoms with E-state index in [9.17, 15) is 0 Å². The van der Waals surface area contributed by atoms with Crippen molar-refractivity contribution in [3.05, 3.63) is 201 Å². The molecule has 4 unspecified atom stereocenters. The highest BCUT2D eigenvalue weighted by Crippen LogP contribution is 2.40. The summed E-state index contributed by atoms with van der Waals surface area (Å²) < 4.78 is 0. The molecule has 0 radical (unpaired) electrons. The molecule has 4 atom stereocenters. The summed E-state index contributed by atoms with van der Waals surface area (Å²) in [5.74, 6) is 0.881. The van der Waals surface area contributed by atoms with Crippen LogP contribution in [0.3, 0.4) is 0 Å². The number of hydrogen-bond donors (Lipinski definition) is 0. The Morgan fingerprint density at radius 1 is 0.365 bits per heavy atom. The predicted molar refractivity (Wildman–Crippen MR) is 224 cm³/mol. The van der Waals surface area contributed by atoms with Crippen molar-refractivity contribution in [3.8, 4) is 0 Å². The van der Waals surface area contributed by atoms with Gasteiger partial charge in [-0.3, -0.25) is 9.98 Å². The minimum Gasteiger partial charge on any atom is -0.251 e. The first-order valence-corrected chi connectivity index (χ1v) is 18.7. The molecule has 2 heteroatoms. The van der Waals surface area contributed by atoms with E-state index in [4.69, 9.17) is 9.98 Å². The number of aliphatic imine (C=N–C) groups is 2. The second-order valence-corrected chi connectivity index (χ2v) is 14.5. The summed E-state index contributed by atoms with van der Waals surface area (Å²) in [6.07, 6.45) is 0. The Hall–Kier alpha value is -5.34. The van der Waals surface area contributed by atoms with Gasteiger partial charge < -0.3 is 0 Å². The fourth-order valence-corrected chi connectivity index (χ4v) is 7.34. The average Bonchev–Trinajstić information content (AvgIpc) is 3.19. The number of aryl methyl sites for hydroxylation is 2. The van der Waals surface area contributed by atoms with Crippen molar-refractivity contribution in [3.63, 3.8) is 0 Å². The summed E-state index contributed by atoms with van der Waals surface area (Å²) in [5, 5.41) is 0. The Morgan fingerprint density at radius 3 is 0.923 bits per heavy atom. The fraction of sp³-hybridized carbons (Fsp3) is 0.240. The first-order valence-electron chi connectivity index (χ1n) is 18.7. The maximum absolute atomic E-state index is 5.41. The lowest BCUT2D eigenvalue weighted by atomic mass is 9.85. The third-order valence-corrected chi connectivity index (χ3v) is 10.9. The van der Waals surface area contributed by atoms with E-state index in [1.165, 1.54) is 55.6 Å². The smallest absolute Gasteiger partial charge is 0.0701 e. The van der Waals surface area contributed by atoms with Crippen molar-refractivity contribution >= 4 is 22.8 Å². The van der Waals surface area contributed by atoms with E-state index in [1.54, 1.807) is 0 Å². The molecule has 6 aromatic rings. The maximum atomic E-state index is 5.41. The van der Waals surface area contributed by atoms with Gasteiger partial charge in [0, 0.05) is 23.7 Å². The number of hydrogen-bond acceptors (Lipinski definition) is 2. The van der Waals surface area contributed by atoms with Crippen LogP contribution in [0.25, 0.3) is 0 Å². The van der Waals surface area contributed by atoms with E-state index in [0.29, 0.717) is 0 Å². The molecule has 0 N–H and O–H groups in total. The normalized spacial score (nSPS) is 14.5. The molecular formula is C50H52N2. The van der Waals surface area contributed by atoms with Crippen molar-refractivity contribution < 1.29 is 0 Å². The van der Waals surface area contributed by atoms with Gasteiger partial charge in [0.15, 0.2) is 0 Å². The van der Waals surface area contributed by atoms with Crippen LogP contribution in [0.4, 0.5) is 11.4 Å². The Labute approximate surface area is 312 Å². The Bertz CT molecular complexity index is 2000. The summed E-state index contributed by atoms with van der Waals surface area (Å²) in [5.41, 5.74) is 16.6. The van der Waals surface area contributed by atoms with E-state index in [1.807, 2.05) is 0 Å². The first kappa shape index (κ1) is 36.5. The summed E-state index contributed by atoms with van der Waals surface area (Å²) in [6.45, 7) is 17.8. The molecule has 0 aromatic heterocycles. The molecule has 0 amide bonds. The van der Waals surface area contributed by atoms with E-state index in [2.05, 4.69) is 201 Å². The van der Waals surface area contributed by atoms with Gasteiger partial charge in [-0.05, 0) is 83.3 Å². The second kappa shape index (κ2) is 16.3. The zero-order valence-electron chi connectivity index (χ0n) is 32.1. The highest BCUT2D eigenvalue weighted by molar-refractivity contribution is 6.41. The standard InChI is InChI=1S/C50H52N2/c1-33-29-45(35(3)41-21-13-9-14-22-41)31-47(37(5)43-25-17-11-18-26-43)49(33)51-39(7)40(8)52-50-34(2)30-46(36(4)42-23-15-10-16-24-42)32-48(50)38(6)44-27-19-12-20-28-44/h9-32,35-38H,1-8H3. The van der Waals surface area contributed by atoms with Crippen molar-refractivity contribution in [2.75, 3.05) is 0 Å². The van der Waals surface area contributed by atoms with E-state index < -0.39 is 0 Å². The van der Waals surface area contributed by atoms with Crippen LogP contribution >= 0.6 is 0 Å². The molecule has 262 valence electrons. The van der Waals surface area contributed by atoms with Crippen molar-refractivity contribution in [1.29, 1.82) is 0 Å². The number of benzene rings is 6. The maximum Gasteiger partial charge on any atom is 0.0701 e.